The third-order valence-electron chi connectivity index (χ3n) is 4.74. The Morgan fingerprint density at radius 2 is 1.95 bits per heavy atom. The Morgan fingerprint density at radius 3 is 2.57 bits per heavy atom. The predicted molar refractivity (Wildman–Crippen MR) is 81.9 cm³/mol. The molecule has 3 rings (SSSR count). The van der Waals surface area contributed by atoms with Crippen molar-refractivity contribution < 1.29 is 9.90 Å². The molecule has 1 aliphatic heterocycles. The van der Waals surface area contributed by atoms with Gasteiger partial charge >= 0.3 is 6.03 Å². The minimum Gasteiger partial charge on any atom is -0.391 e. The Kier molecular flexibility index (Phi) is 4.44. The van der Waals surface area contributed by atoms with E-state index in [1.165, 1.54) is 24.8 Å². The lowest BCUT2D eigenvalue weighted by Gasteiger charge is -2.37. The average molecular weight is 288 g/mol. The first-order valence-electron chi connectivity index (χ1n) is 8.02. The fourth-order valence-corrected chi connectivity index (χ4v) is 3.27. The molecule has 4 nitrogen and oxygen atoms in total. The number of rotatable bonds is 3. The van der Waals surface area contributed by atoms with Crippen LogP contribution in [0.25, 0.3) is 0 Å². The number of carbonyl (C=O) groups is 1. The number of benzene rings is 1. The van der Waals surface area contributed by atoms with E-state index >= 15 is 0 Å². The highest BCUT2D eigenvalue weighted by atomic mass is 16.3. The van der Waals surface area contributed by atoms with Gasteiger partial charge in [-0.05, 0) is 37.2 Å². The van der Waals surface area contributed by atoms with Gasteiger partial charge in [-0.15, -0.1) is 0 Å². The van der Waals surface area contributed by atoms with Crippen molar-refractivity contribution in [1.29, 1.82) is 0 Å². The molecule has 4 heteroatoms. The van der Waals surface area contributed by atoms with Crippen molar-refractivity contribution in [2.75, 3.05) is 13.1 Å². The lowest BCUT2D eigenvalue weighted by molar-refractivity contribution is 0.0812. The summed E-state index contributed by atoms with van der Waals surface area (Å²) in [7, 11) is 0. The van der Waals surface area contributed by atoms with Crippen molar-refractivity contribution in [3.63, 3.8) is 0 Å². The molecule has 2 N–H and O–H groups in total. The molecule has 114 valence electrons. The topological polar surface area (TPSA) is 52.6 Å². The van der Waals surface area contributed by atoms with E-state index in [2.05, 4.69) is 17.4 Å². The van der Waals surface area contributed by atoms with Crippen LogP contribution in [0.3, 0.4) is 0 Å². The SMILES string of the molecule is O=C(NC(c1ccccc1)C1CCC1)N1CCCC(O)C1. The maximum atomic E-state index is 12.5. The van der Waals surface area contributed by atoms with Gasteiger partial charge in [-0.2, -0.15) is 0 Å². The monoisotopic (exact) mass is 288 g/mol. The number of nitrogens with zero attached hydrogens (tertiary/aromatic N) is 1. The Labute approximate surface area is 126 Å². The van der Waals surface area contributed by atoms with Gasteiger partial charge in [0.15, 0.2) is 0 Å². The highest BCUT2D eigenvalue weighted by molar-refractivity contribution is 5.75. The van der Waals surface area contributed by atoms with Gasteiger partial charge in [-0.25, -0.2) is 4.79 Å². The second kappa shape index (κ2) is 6.48. The fourth-order valence-electron chi connectivity index (χ4n) is 3.27. The lowest BCUT2D eigenvalue weighted by Crippen LogP contribution is -2.49. The molecule has 2 atom stereocenters. The second-order valence-corrected chi connectivity index (χ2v) is 6.27. The van der Waals surface area contributed by atoms with Gasteiger partial charge in [0.1, 0.15) is 0 Å². The van der Waals surface area contributed by atoms with Crippen LogP contribution in [0.1, 0.15) is 43.7 Å². The van der Waals surface area contributed by atoms with Gasteiger partial charge < -0.3 is 15.3 Å². The molecule has 1 aromatic rings. The van der Waals surface area contributed by atoms with Gasteiger partial charge in [0.05, 0.1) is 12.1 Å². The number of piperidine rings is 1. The van der Waals surface area contributed by atoms with Crippen molar-refractivity contribution in [2.45, 2.75) is 44.2 Å². The fraction of sp³-hybridized carbons (Fsp3) is 0.588. The molecule has 2 aliphatic rings. The molecule has 0 bridgehead atoms. The summed E-state index contributed by atoms with van der Waals surface area (Å²) in [6, 6.07) is 10.3. The molecule has 2 amide bonds. The van der Waals surface area contributed by atoms with Crippen molar-refractivity contribution in [1.82, 2.24) is 10.2 Å². The summed E-state index contributed by atoms with van der Waals surface area (Å²) in [6.45, 7) is 1.20. The predicted octanol–water partition coefficient (Wildman–Crippen LogP) is 2.69. The zero-order valence-corrected chi connectivity index (χ0v) is 12.4. The van der Waals surface area contributed by atoms with E-state index in [0.29, 0.717) is 12.5 Å². The highest BCUT2D eigenvalue weighted by Crippen LogP contribution is 2.37. The number of likely N-dealkylation sites (tertiary alicyclic amines) is 1. The van der Waals surface area contributed by atoms with Gasteiger partial charge in [-0.3, -0.25) is 0 Å². The molecule has 21 heavy (non-hydrogen) atoms. The number of β-amino-alcohol motifs (C(OH)–C–C–N with tert-alkyl or cyclic N) is 1. The molecule has 2 fully saturated rings. The molecular weight excluding hydrogens is 264 g/mol. The van der Waals surface area contributed by atoms with E-state index in [4.69, 9.17) is 0 Å². The molecule has 1 saturated heterocycles. The van der Waals surface area contributed by atoms with Gasteiger partial charge in [0.25, 0.3) is 0 Å². The number of aliphatic hydroxyl groups excluding tert-OH is 1. The molecule has 1 aliphatic carbocycles. The van der Waals surface area contributed by atoms with E-state index in [9.17, 15) is 9.90 Å². The van der Waals surface area contributed by atoms with Gasteiger partial charge in [0.2, 0.25) is 0 Å². The van der Waals surface area contributed by atoms with Gasteiger partial charge in [0, 0.05) is 13.1 Å². The van der Waals surface area contributed by atoms with Gasteiger partial charge in [-0.1, -0.05) is 36.8 Å². The molecule has 1 heterocycles. The first-order chi connectivity index (χ1) is 10.2. The minimum absolute atomic E-state index is 0.0329. The maximum Gasteiger partial charge on any atom is 0.317 e. The second-order valence-electron chi connectivity index (χ2n) is 6.27. The number of hydrogen-bond donors (Lipinski definition) is 2. The molecule has 1 saturated carbocycles. The normalized spacial score (nSPS) is 24.2. The number of carbonyl (C=O) groups excluding carboxylic acids is 1. The molecule has 1 aromatic carbocycles. The quantitative estimate of drug-likeness (QED) is 0.898. The summed E-state index contributed by atoms with van der Waals surface area (Å²) in [5.74, 6) is 0.547. The molecule has 0 spiro atoms. The van der Waals surface area contributed by atoms with Crippen LogP contribution in [0, 0.1) is 5.92 Å². The molecule has 2 unspecified atom stereocenters. The summed E-state index contributed by atoms with van der Waals surface area (Å²) in [4.78, 5) is 14.2. The Balaban J connectivity index is 1.68. The Hall–Kier alpha value is -1.55. The molecular formula is C17H24N2O2. The summed E-state index contributed by atoms with van der Waals surface area (Å²) in [5.41, 5.74) is 1.19. The lowest BCUT2D eigenvalue weighted by atomic mass is 9.77. The molecule has 0 aromatic heterocycles. The van der Waals surface area contributed by atoms with E-state index in [-0.39, 0.29) is 18.2 Å². The van der Waals surface area contributed by atoms with Crippen LogP contribution < -0.4 is 5.32 Å². The zero-order chi connectivity index (χ0) is 14.7. The van der Waals surface area contributed by atoms with Crippen molar-refractivity contribution in [3.05, 3.63) is 35.9 Å². The first-order valence-corrected chi connectivity index (χ1v) is 8.02. The van der Waals surface area contributed by atoms with E-state index in [0.717, 1.165) is 19.4 Å². The zero-order valence-electron chi connectivity index (χ0n) is 12.4. The van der Waals surface area contributed by atoms with Crippen LogP contribution in [0.4, 0.5) is 4.79 Å². The van der Waals surface area contributed by atoms with Crippen LogP contribution >= 0.6 is 0 Å². The largest absolute Gasteiger partial charge is 0.391 e. The Morgan fingerprint density at radius 1 is 1.19 bits per heavy atom. The standard InChI is InChI=1S/C17H24N2O2/c20-15-10-5-11-19(12-15)17(21)18-16(14-8-4-9-14)13-6-2-1-3-7-13/h1-3,6-7,14-16,20H,4-5,8-12H2,(H,18,21). The van der Waals surface area contributed by atoms with Crippen LogP contribution in [-0.2, 0) is 0 Å². The van der Waals surface area contributed by atoms with E-state index < -0.39 is 0 Å². The number of nitrogens with one attached hydrogen (secondary N) is 1. The number of urea groups is 1. The van der Waals surface area contributed by atoms with Crippen LogP contribution in [-0.4, -0.2) is 35.2 Å². The molecule has 0 radical (unpaired) electrons. The van der Waals surface area contributed by atoms with Crippen LogP contribution in [0.15, 0.2) is 30.3 Å². The number of aliphatic hydroxyl groups is 1. The number of amides is 2. The highest BCUT2D eigenvalue weighted by Gasteiger charge is 2.31. The van der Waals surface area contributed by atoms with E-state index in [1.807, 2.05) is 18.2 Å². The van der Waals surface area contributed by atoms with Crippen molar-refractivity contribution >= 4 is 6.03 Å². The smallest absolute Gasteiger partial charge is 0.317 e. The van der Waals surface area contributed by atoms with Crippen molar-refractivity contribution in [3.8, 4) is 0 Å². The van der Waals surface area contributed by atoms with E-state index in [1.54, 1.807) is 4.90 Å². The average Bonchev–Trinajstić information content (AvgIpc) is 2.45. The maximum absolute atomic E-state index is 12.5. The summed E-state index contributed by atoms with van der Waals surface area (Å²) in [6.07, 6.45) is 4.93. The first kappa shape index (κ1) is 14.4. The van der Waals surface area contributed by atoms with Crippen molar-refractivity contribution in [2.24, 2.45) is 5.92 Å². The number of hydrogen-bond acceptors (Lipinski definition) is 2. The summed E-state index contributed by atoms with van der Waals surface area (Å²) < 4.78 is 0. The third-order valence-corrected chi connectivity index (χ3v) is 4.74. The Bertz CT molecular complexity index is 473. The summed E-state index contributed by atoms with van der Waals surface area (Å²) in [5, 5.41) is 12.9. The minimum atomic E-state index is -0.372. The summed E-state index contributed by atoms with van der Waals surface area (Å²) >= 11 is 0. The van der Waals surface area contributed by atoms with Crippen LogP contribution in [0.5, 0.6) is 0 Å². The third kappa shape index (κ3) is 3.38. The van der Waals surface area contributed by atoms with Crippen LogP contribution in [0.2, 0.25) is 0 Å².